The molecule has 0 unspecified atom stereocenters. The van der Waals surface area contributed by atoms with Crippen LogP contribution in [0.2, 0.25) is 0 Å². The van der Waals surface area contributed by atoms with Gasteiger partial charge in [-0.1, -0.05) is 6.08 Å². The van der Waals surface area contributed by atoms with E-state index in [0.717, 1.165) is 0 Å². The Morgan fingerprint density at radius 2 is 2.08 bits per heavy atom. The number of methoxy groups -OCH3 is 1. The largest absolute Gasteiger partial charge is 0.494 e. The molecule has 1 N–H and O–H groups in total. The van der Waals surface area contributed by atoms with Crippen LogP contribution in [0, 0.1) is 3.70 Å². The van der Waals surface area contributed by atoms with Gasteiger partial charge >= 0.3 is 0 Å². The lowest BCUT2D eigenvalue weighted by Crippen LogP contribution is -2.51. The first-order valence-electron chi connectivity index (χ1n) is 7.65. The first kappa shape index (κ1) is 18.7. The highest BCUT2D eigenvalue weighted by Crippen LogP contribution is 2.19. The molecule has 24 heavy (non-hydrogen) atoms. The van der Waals surface area contributed by atoms with Crippen LogP contribution in [0.4, 0.5) is 0 Å². The number of carbonyl (C=O) groups excluding carboxylic acids is 2. The molecule has 1 aromatic heterocycles. The molecule has 130 valence electrons. The summed E-state index contributed by atoms with van der Waals surface area (Å²) in [6, 6.07) is 3.43. The normalized spacial score (nSPS) is 15.0. The second-order valence-corrected chi connectivity index (χ2v) is 6.37. The summed E-state index contributed by atoms with van der Waals surface area (Å²) in [5, 5.41) is 2.75. The van der Waals surface area contributed by atoms with E-state index in [1.807, 2.05) is 4.90 Å². The molecule has 0 aromatic carbocycles. The van der Waals surface area contributed by atoms with Crippen molar-refractivity contribution in [2.75, 3.05) is 46.4 Å². The Morgan fingerprint density at radius 1 is 1.38 bits per heavy atom. The maximum Gasteiger partial charge on any atom is 0.272 e. The van der Waals surface area contributed by atoms with Gasteiger partial charge in [-0.05, 0) is 34.7 Å². The first-order chi connectivity index (χ1) is 11.5. The molecular formula is C16H21IN4O3. The predicted octanol–water partition coefficient (Wildman–Crippen LogP) is 0.755. The lowest BCUT2D eigenvalue weighted by Gasteiger charge is -2.34. The predicted molar refractivity (Wildman–Crippen MR) is 99.1 cm³/mol. The maximum absolute atomic E-state index is 12.5. The van der Waals surface area contributed by atoms with E-state index >= 15 is 0 Å². The monoisotopic (exact) mass is 444 g/mol. The number of halogens is 1. The number of hydrogen-bond donors (Lipinski definition) is 1. The third kappa shape index (κ3) is 4.91. The summed E-state index contributed by atoms with van der Waals surface area (Å²) in [7, 11) is 1.57. The Balaban J connectivity index is 1.87. The van der Waals surface area contributed by atoms with Gasteiger partial charge in [-0.2, -0.15) is 0 Å². The van der Waals surface area contributed by atoms with E-state index in [2.05, 4.69) is 39.5 Å². The Hall–Kier alpha value is -1.68. The minimum Gasteiger partial charge on any atom is -0.494 e. The lowest BCUT2D eigenvalue weighted by molar-refractivity contribution is -0.122. The van der Waals surface area contributed by atoms with E-state index in [1.54, 1.807) is 30.2 Å². The van der Waals surface area contributed by atoms with Crippen LogP contribution >= 0.6 is 22.6 Å². The number of amides is 2. The van der Waals surface area contributed by atoms with E-state index in [1.165, 1.54) is 0 Å². The zero-order chi connectivity index (χ0) is 17.5. The van der Waals surface area contributed by atoms with Gasteiger partial charge in [0.05, 0.1) is 13.7 Å². The van der Waals surface area contributed by atoms with Crippen LogP contribution in [0.5, 0.6) is 5.75 Å². The molecule has 1 aromatic rings. The Labute approximate surface area is 155 Å². The molecule has 2 heterocycles. The quantitative estimate of drug-likeness (QED) is 0.399. The number of rotatable bonds is 6. The third-order valence-electron chi connectivity index (χ3n) is 3.72. The second-order valence-electron chi connectivity index (χ2n) is 5.35. The second kappa shape index (κ2) is 8.97. The fourth-order valence-corrected chi connectivity index (χ4v) is 3.07. The number of hydrogen-bond acceptors (Lipinski definition) is 5. The van der Waals surface area contributed by atoms with Crippen molar-refractivity contribution in [2.24, 2.45) is 0 Å². The van der Waals surface area contributed by atoms with Gasteiger partial charge in [-0.3, -0.25) is 14.5 Å². The Bertz CT molecular complexity index is 615. The van der Waals surface area contributed by atoms with Gasteiger partial charge in [0.15, 0.2) is 5.75 Å². The van der Waals surface area contributed by atoms with Crippen LogP contribution in [0.1, 0.15) is 10.5 Å². The average Bonchev–Trinajstić information content (AvgIpc) is 2.60. The first-order valence-corrected chi connectivity index (χ1v) is 8.72. The van der Waals surface area contributed by atoms with Crippen molar-refractivity contribution in [3.05, 3.63) is 34.2 Å². The maximum atomic E-state index is 12.5. The molecule has 0 spiro atoms. The van der Waals surface area contributed by atoms with Gasteiger partial charge < -0.3 is 15.0 Å². The number of ether oxygens (including phenoxy) is 1. The molecule has 0 aliphatic carbocycles. The molecule has 1 aliphatic rings. The van der Waals surface area contributed by atoms with Crippen molar-refractivity contribution in [2.45, 2.75) is 0 Å². The highest BCUT2D eigenvalue weighted by molar-refractivity contribution is 14.1. The van der Waals surface area contributed by atoms with E-state index in [9.17, 15) is 9.59 Å². The van der Waals surface area contributed by atoms with Crippen molar-refractivity contribution in [3.63, 3.8) is 0 Å². The number of pyridine rings is 1. The minimum absolute atomic E-state index is 0.0268. The van der Waals surface area contributed by atoms with Gasteiger partial charge in [0.1, 0.15) is 9.39 Å². The number of nitrogens with one attached hydrogen (secondary N) is 1. The highest BCUT2D eigenvalue weighted by Gasteiger charge is 2.24. The van der Waals surface area contributed by atoms with E-state index in [4.69, 9.17) is 4.74 Å². The fraction of sp³-hybridized carbons (Fsp3) is 0.438. The third-order valence-corrected chi connectivity index (χ3v) is 4.50. The van der Waals surface area contributed by atoms with Crippen LogP contribution in [-0.4, -0.2) is 73.0 Å². The van der Waals surface area contributed by atoms with Gasteiger partial charge in [-0.25, -0.2) is 4.98 Å². The van der Waals surface area contributed by atoms with Crippen molar-refractivity contribution in [3.8, 4) is 5.75 Å². The van der Waals surface area contributed by atoms with Gasteiger partial charge in [0.25, 0.3) is 5.91 Å². The molecule has 0 saturated carbocycles. The Morgan fingerprint density at radius 3 is 2.67 bits per heavy atom. The molecule has 2 amide bonds. The smallest absolute Gasteiger partial charge is 0.272 e. The number of aromatic nitrogens is 1. The summed E-state index contributed by atoms with van der Waals surface area (Å²) in [6.45, 7) is 6.88. The molecule has 1 saturated heterocycles. The molecule has 1 aliphatic heterocycles. The molecule has 1 fully saturated rings. The number of piperazine rings is 1. The molecule has 2 rings (SSSR count). The van der Waals surface area contributed by atoms with Gasteiger partial charge in [-0.15, -0.1) is 6.58 Å². The van der Waals surface area contributed by atoms with Crippen molar-refractivity contribution >= 4 is 34.4 Å². The highest BCUT2D eigenvalue weighted by atomic mass is 127. The standard InChI is InChI=1S/C16H21IN4O3/c1-3-6-18-14(22)11-20-7-9-21(10-8-20)16(23)12-4-5-13(24-2)15(17)19-12/h3-5H,1,6-11H2,2H3,(H,18,22). The molecule has 0 atom stereocenters. The number of nitrogens with zero attached hydrogens (tertiary/aromatic N) is 3. The van der Waals surface area contributed by atoms with Crippen molar-refractivity contribution < 1.29 is 14.3 Å². The number of carbonyl (C=O) groups is 2. The Kier molecular flexibility index (Phi) is 6.98. The summed E-state index contributed by atoms with van der Waals surface area (Å²) < 4.78 is 5.82. The van der Waals surface area contributed by atoms with E-state index in [-0.39, 0.29) is 11.8 Å². The van der Waals surface area contributed by atoms with Crippen LogP contribution in [0.25, 0.3) is 0 Å². The van der Waals surface area contributed by atoms with Crippen LogP contribution in [0.15, 0.2) is 24.8 Å². The van der Waals surface area contributed by atoms with Crippen molar-refractivity contribution in [1.82, 2.24) is 20.1 Å². The SMILES string of the molecule is C=CCNC(=O)CN1CCN(C(=O)c2ccc(OC)c(I)n2)CC1. The molecule has 0 radical (unpaired) electrons. The molecule has 8 heteroatoms. The molecular weight excluding hydrogens is 423 g/mol. The topological polar surface area (TPSA) is 74.8 Å². The average molecular weight is 444 g/mol. The van der Waals surface area contributed by atoms with Gasteiger partial charge in [0, 0.05) is 32.7 Å². The van der Waals surface area contributed by atoms with Crippen LogP contribution in [-0.2, 0) is 4.79 Å². The van der Waals surface area contributed by atoms with Gasteiger partial charge in [0.2, 0.25) is 5.91 Å². The molecule has 7 nitrogen and oxygen atoms in total. The van der Waals surface area contributed by atoms with E-state index in [0.29, 0.717) is 54.4 Å². The van der Waals surface area contributed by atoms with Crippen LogP contribution in [0.3, 0.4) is 0 Å². The summed E-state index contributed by atoms with van der Waals surface area (Å²) in [5.74, 6) is 0.537. The lowest BCUT2D eigenvalue weighted by atomic mass is 10.2. The summed E-state index contributed by atoms with van der Waals surface area (Å²) in [5.41, 5.74) is 0.414. The summed E-state index contributed by atoms with van der Waals surface area (Å²) in [4.78, 5) is 32.3. The summed E-state index contributed by atoms with van der Waals surface area (Å²) >= 11 is 2.05. The van der Waals surface area contributed by atoms with E-state index < -0.39 is 0 Å². The van der Waals surface area contributed by atoms with Crippen LogP contribution < -0.4 is 10.1 Å². The molecule has 0 bridgehead atoms. The summed E-state index contributed by atoms with van der Waals surface area (Å²) in [6.07, 6.45) is 1.65. The fourth-order valence-electron chi connectivity index (χ4n) is 2.41. The zero-order valence-corrected chi connectivity index (χ0v) is 15.8. The zero-order valence-electron chi connectivity index (χ0n) is 13.6. The van der Waals surface area contributed by atoms with Crippen molar-refractivity contribution in [1.29, 1.82) is 0 Å². The minimum atomic E-state index is -0.0914.